The third-order valence-corrected chi connectivity index (χ3v) is 11.9. The smallest absolute Gasteiger partial charge is 0.189 e. The zero-order valence-corrected chi connectivity index (χ0v) is 24.9. The maximum absolute atomic E-state index is 6.22. The molecule has 0 aliphatic heterocycles. The van der Waals surface area contributed by atoms with Crippen LogP contribution in [-0.2, 0) is 4.74 Å². The second-order valence-corrected chi connectivity index (χ2v) is 14.5. The van der Waals surface area contributed by atoms with Crippen molar-refractivity contribution in [1.29, 1.82) is 0 Å². The molecule has 4 aliphatic rings. The Kier molecular flexibility index (Phi) is 8.38. The Balaban J connectivity index is 1.19. The molecule has 3 saturated carbocycles. The molecule has 0 heterocycles. The number of allylic oxidation sites excluding steroid dienone is 1. The molecule has 0 aromatic heterocycles. The van der Waals surface area contributed by atoms with Crippen molar-refractivity contribution in [3.8, 4) is 5.75 Å². The number of fused-ring (bicyclic) bond motifs is 5. The van der Waals surface area contributed by atoms with Crippen LogP contribution in [0.1, 0.15) is 105 Å². The van der Waals surface area contributed by atoms with Crippen LogP contribution < -0.4 is 4.74 Å². The molecule has 1 aromatic carbocycles. The summed E-state index contributed by atoms with van der Waals surface area (Å²) in [5.74, 6) is 6.18. The summed E-state index contributed by atoms with van der Waals surface area (Å²) < 4.78 is 12.1. The molecular formula is C34H51ClO2. The normalized spacial score (nSPS) is 37.9. The largest absolute Gasteiger partial charge is 0.468 e. The molecule has 0 N–H and O–H groups in total. The summed E-state index contributed by atoms with van der Waals surface area (Å²) >= 11 is 5.99. The third kappa shape index (κ3) is 5.54. The molecule has 0 saturated heterocycles. The molecular weight excluding hydrogens is 476 g/mol. The highest BCUT2D eigenvalue weighted by Crippen LogP contribution is 2.67. The molecule has 4 aliphatic carbocycles. The van der Waals surface area contributed by atoms with E-state index >= 15 is 0 Å². The second kappa shape index (κ2) is 11.2. The van der Waals surface area contributed by atoms with Crippen molar-refractivity contribution < 1.29 is 9.47 Å². The molecule has 3 fully saturated rings. The van der Waals surface area contributed by atoms with Crippen LogP contribution in [0, 0.1) is 46.3 Å². The van der Waals surface area contributed by atoms with Crippen LogP contribution in [0.4, 0.5) is 0 Å². The lowest BCUT2D eigenvalue weighted by molar-refractivity contribution is -0.0814. The first-order valence-corrected chi connectivity index (χ1v) is 15.8. The maximum atomic E-state index is 6.22. The van der Waals surface area contributed by atoms with Crippen molar-refractivity contribution in [3.05, 3.63) is 40.9 Å². The summed E-state index contributed by atoms with van der Waals surface area (Å²) in [6, 6.07) is 7.54. The number of hydrogen-bond donors (Lipinski definition) is 0. The van der Waals surface area contributed by atoms with Crippen molar-refractivity contribution in [2.45, 2.75) is 111 Å². The van der Waals surface area contributed by atoms with Gasteiger partial charge in [-0.05, 0) is 122 Å². The minimum Gasteiger partial charge on any atom is -0.468 e. The number of ether oxygens (including phenoxy) is 2. The van der Waals surface area contributed by atoms with Crippen LogP contribution in [0.2, 0.25) is 5.02 Å². The Hall–Kier alpha value is -0.990. The van der Waals surface area contributed by atoms with Gasteiger partial charge in [0.25, 0.3) is 0 Å². The lowest BCUT2D eigenvalue weighted by Crippen LogP contribution is -2.51. The van der Waals surface area contributed by atoms with E-state index in [2.05, 4.69) is 40.7 Å². The summed E-state index contributed by atoms with van der Waals surface area (Å²) in [4.78, 5) is 0. The van der Waals surface area contributed by atoms with E-state index in [9.17, 15) is 0 Å². The van der Waals surface area contributed by atoms with Crippen molar-refractivity contribution in [3.63, 3.8) is 0 Å². The van der Waals surface area contributed by atoms with Crippen LogP contribution in [0.3, 0.4) is 0 Å². The van der Waals surface area contributed by atoms with E-state index in [1.807, 2.05) is 24.3 Å². The van der Waals surface area contributed by atoms with Gasteiger partial charge in [0.1, 0.15) is 5.75 Å². The van der Waals surface area contributed by atoms with Crippen molar-refractivity contribution in [2.75, 3.05) is 6.79 Å². The number of rotatable bonds is 9. The van der Waals surface area contributed by atoms with Gasteiger partial charge in [-0.3, -0.25) is 0 Å². The van der Waals surface area contributed by atoms with Gasteiger partial charge in [0.05, 0.1) is 6.10 Å². The van der Waals surface area contributed by atoms with Gasteiger partial charge in [-0.25, -0.2) is 0 Å². The molecule has 3 heteroatoms. The fourth-order valence-corrected chi connectivity index (χ4v) is 9.65. The topological polar surface area (TPSA) is 18.5 Å². The van der Waals surface area contributed by atoms with Gasteiger partial charge in [0.15, 0.2) is 6.79 Å². The molecule has 37 heavy (non-hydrogen) atoms. The van der Waals surface area contributed by atoms with Crippen LogP contribution in [-0.4, -0.2) is 12.9 Å². The van der Waals surface area contributed by atoms with E-state index in [0.717, 1.165) is 59.1 Å². The average Bonchev–Trinajstić information content (AvgIpc) is 3.22. The van der Waals surface area contributed by atoms with Crippen LogP contribution >= 0.6 is 11.6 Å². The summed E-state index contributed by atoms with van der Waals surface area (Å²) in [7, 11) is 0. The first-order valence-electron chi connectivity index (χ1n) is 15.4. The Labute approximate surface area is 231 Å². The van der Waals surface area contributed by atoms with Crippen LogP contribution in [0.25, 0.3) is 0 Å². The van der Waals surface area contributed by atoms with Gasteiger partial charge in [-0.15, -0.1) is 0 Å². The number of halogens is 1. The first kappa shape index (κ1) is 27.6. The van der Waals surface area contributed by atoms with Crippen molar-refractivity contribution in [1.82, 2.24) is 0 Å². The fourth-order valence-electron chi connectivity index (χ4n) is 9.52. The van der Waals surface area contributed by atoms with Gasteiger partial charge < -0.3 is 9.47 Å². The molecule has 8 atom stereocenters. The minimum absolute atomic E-state index is 0.277. The van der Waals surface area contributed by atoms with Gasteiger partial charge in [0.2, 0.25) is 0 Å². The van der Waals surface area contributed by atoms with Gasteiger partial charge in [0, 0.05) is 5.02 Å². The Morgan fingerprint density at radius 3 is 2.49 bits per heavy atom. The molecule has 1 aromatic rings. The van der Waals surface area contributed by atoms with Crippen LogP contribution in [0.5, 0.6) is 5.75 Å². The summed E-state index contributed by atoms with van der Waals surface area (Å²) in [5.41, 5.74) is 2.64. The van der Waals surface area contributed by atoms with Crippen molar-refractivity contribution >= 4 is 11.6 Å². The molecule has 2 nitrogen and oxygen atoms in total. The van der Waals surface area contributed by atoms with E-state index < -0.39 is 0 Å². The zero-order chi connectivity index (χ0) is 26.2. The molecule has 0 amide bonds. The second-order valence-electron chi connectivity index (χ2n) is 14.0. The maximum Gasteiger partial charge on any atom is 0.189 e. The molecule has 206 valence electrons. The zero-order valence-electron chi connectivity index (χ0n) is 24.1. The number of benzene rings is 1. The highest BCUT2D eigenvalue weighted by molar-refractivity contribution is 6.30. The summed E-state index contributed by atoms with van der Waals surface area (Å²) in [6.45, 7) is 13.0. The lowest BCUT2D eigenvalue weighted by Gasteiger charge is -2.58. The Bertz CT molecular complexity index is 938. The number of hydrogen-bond acceptors (Lipinski definition) is 2. The standard InChI is InChI=1S/C34H51ClO2/c1-23(2)7-6-8-24(3)30-15-16-31-29-14-9-25-21-28(37-22-36-27-12-10-26(35)11-13-27)17-19-33(25,4)32(29)18-20-34(30,31)5/h9-13,23-24,28-32H,6-8,14-22H2,1-5H3/t24-,28+,29+,30-,31?,32?,33+,34-/m1/s1. The predicted octanol–water partition coefficient (Wildman–Crippen LogP) is 10.1. The lowest BCUT2D eigenvalue weighted by atomic mass is 9.47. The third-order valence-electron chi connectivity index (χ3n) is 11.6. The molecule has 5 rings (SSSR count). The van der Waals surface area contributed by atoms with E-state index in [-0.39, 0.29) is 6.10 Å². The Morgan fingerprint density at radius 2 is 1.73 bits per heavy atom. The van der Waals surface area contributed by atoms with E-state index in [1.165, 1.54) is 57.8 Å². The highest BCUT2D eigenvalue weighted by Gasteiger charge is 2.59. The van der Waals surface area contributed by atoms with Crippen LogP contribution in [0.15, 0.2) is 35.9 Å². The molecule has 0 radical (unpaired) electrons. The van der Waals surface area contributed by atoms with Crippen molar-refractivity contribution in [2.24, 2.45) is 46.3 Å². The van der Waals surface area contributed by atoms with Gasteiger partial charge in [-0.2, -0.15) is 0 Å². The first-order chi connectivity index (χ1) is 17.7. The molecule has 0 spiro atoms. The fraction of sp³-hybridized carbons (Fsp3) is 0.765. The summed E-state index contributed by atoms with van der Waals surface area (Å²) in [5, 5.41) is 0.731. The quantitative estimate of drug-likeness (QED) is 0.235. The van der Waals surface area contributed by atoms with E-state index in [0.29, 0.717) is 17.6 Å². The molecule has 2 unspecified atom stereocenters. The monoisotopic (exact) mass is 526 g/mol. The molecule has 0 bridgehead atoms. The van der Waals surface area contributed by atoms with Gasteiger partial charge >= 0.3 is 0 Å². The van der Waals surface area contributed by atoms with E-state index in [1.54, 1.807) is 5.57 Å². The predicted molar refractivity (Wildman–Crippen MR) is 155 cm³/mol. The van der Waals surface area contributed by atoms with E-state index in [4.69, 9.17) is 21.1 Å². The summed E-state index contributed by atoms with van der Waals surface area (Å²) in [6.07, 6.45) is 17.8. The SMILES string of the molecule is CC(C)CCC[C@@H](C)[C@H]1CCC2[C@@H]3CC=C4C[C@@H](OCOc5ccc(Cl)cc5)CC[C@]4(C)C3CC[C@@]21C. The minimum atomic E-state index is 0.277. The highest BCUT2D eigenvalue weighted by atomic mass is 35.5. The van der Waals surface area contributed by atoms with Gasteiger partial charge in [-0.1, -0.05) is 77.1 Å². The Morgan fingerprint density at radius 1 is 0.946 bits per heavy atom. The average molecular weight is 527 g/mol.